The van der Waals surface area contributed by atoms with Gasteiger partial charge in [-0.1, -0.05) is 13.5 Å². The Morgan fingerprint density at radius 1 is 1.48 bits per heavy atom. The molecule has 0 radical (unpaired) electrons. The second-order valence-electron chi connectivity index (χ2n) is 6.25. The molecule has 0 aromatic carbocycles. The van der Waals surface area contributed by atoms with Crippen molar-refractivity contribution in [2.45, 2.75) is 51.1 Å². The van der Waals surface area contributed by atoms with Crippen LogP contribution in [-0.2, 0) is 18.7 Å². The smallest absolute Gasteiger partial charge is 0.243 e. The molecule has 21 heavy (non-hydrogen) atoms. The monoisotopic (exact) mass is 317 g/mol. The summed E-state index contributed by atoms with van der Waals surface area (Å²) in [6.45, 7) is 11.5. The molecule has 1 rings (SSSR count). The summed E-state index contributed by atoms with van der Waals surface area (Å²) in [6.07, 6.45) is -0.116. The number of rotatable bonds is 6. The molecule has 0 spiro atoms. The number of carbonyl (C=O) groups excluding carboxylic acids is 1. The van der Waals surface area contributed by atoms with E-state index < -0.39 is 20.6 Å². The molecule has 0 unspecified atom stereocenters. The Kier molecular flexibility index (Phi) is 6.55. The number of ether oxygens (including phenoxy) is 2. The van der Waals surface area contributed by atoms with Crippen molar-refractivity contribution in [3.63, 3.8) is 0 Å². The zero-order chi connectivity index (χ0) is 16.2. The van der Waals surface area contributed by atoms with Crippen LogP contribution in [0, 0.1) is 5.92 Å². The molecule has 1 amide bonds. The predicted molar refractivity (Wildman–Crippen MR) is 82.3 cm³/mol. The third-order valence-electron chi connectivity index (χ3n) is 3.46. The highest BCUT2D eigenvalue weighted by atomic mass is 28.4. The zero-order valence-corrected chi connectivity index (χ0v) is 14.5. The van der Waals surface area contributed by atoms with E-state index in [0.29, 0.717) is 0 Å². The van der Waals surface area contributed by atoms with Crippen LogP contribution in [0.15, 0.2) is 12.7 Å². The van der Waals surface area contributed by atoms with Gasteiger partial charge in [0.15, 0.2) is 14.6 Å². The molecule has 0 saturated carbocycles. The second-order valence-corrected chi connectivity index (χ2v) is 10.7. The van der Waals surface area contributed by atoms with Gasteiger partial charge in [0, 0.05) is 13.0 Å². The minimum atomic E-state index is -1.84. The lowest BCUT2D eigenvalue weighted by atomic mass is 9.89. The minimum absolute atomic E-state index is 0.0664. The molecule has 0 aromatic heterocycles. The van der Waals surface area contributed by atoms with E-state index in [1.807, 2.05) is 6.92 Å². The number of hydrogen-bond acceptors (Lipinski definition) is 5. The molecule has 1 aliphatic heterocycles. The van der Waals surface area contributed by atoms with Crippen LogP contribution in [0.3, 0.4) is 0 Å². The maximum Gasteiger partial charge on any atom is 0.243 e. The van der Waals surface area contributed by atoms with Crippen molar-refractivity contribution in [1.82, 2.24) is 5.32 Å². The van der Waals surface area contributed by atoms with E-state index >= 15 is 0 Å². The van der Waals surface area contributed by atoms with Crippen LogP contribution in [-0.4, -0.2) is 57.6 Å². The van der Waals surface area contributed by atoms with Crippen molar-refractivity contribution in [1.29, 1.82) is 0 Å². The van der Waals surface area contributed by atoms with Gasteiger partial charge >= 0.3 is 0 Å². The first-order valence-electron chi connectivity index (χ1n) is 7.13. The Morgan fingerprint density at radius 3 is 2.52 bits per heavy atom. The van der Waals surface area contributed by atoms with Crippen LogP contribution in [0.1, 0.15) is 6.92 Å². The molecule has 0 aromatic rings. The van der Waals surface area contributed by atoms with E-state index in [1.54, 1.807) is 0 Å². The van der Waals surface area contributed by atoms with Gasteiger partial charge in [-0.05, 0) is 25.7 Å². The van der Waals surface area contributed by atoms with Crippen molar-refractivity contribution in [2.24, 2.45) is 5.92 Å². The van der Waals surface area contributed by atoms with E-state index in [1.165, 1.54) is 13.2 Å². The summed E-state index contributed by atoms with van der Waals surface area (Å²) in [6, 6.07) is -0.440. The lowest BCUT2D eigenvalue weighted by Gasteiger charge is -2.46. The highest BCUT2D eigenvalue weighted by molar-refractivity contribution is 6.69. The molecular formula is C14H27NO5Si. The quantitative estimate of drug-likeness (QED) is 0.562. The molecule has 1 aliphatic rings. The van der Waals surface area contributed by atoms with Gasteiger partial charge in [-0.3, -0.25) is 4.79 Å². The third kappa shape index (κ3) is 4.89. The Balaban J connectivity index is 3.03. The van der Waals surface area contributed by atoms with E-state index in [-0.39, 0.29) is 30.6 Å². The fourth-order valence-electron chi connectivity index (χ4n) is 2.45. The molecule has 1 fully saturated rings. The minimum Gasteiger partial charge on any atom is -0.412 e. The van der Waals surface area contributed by atoms with Crippen molar-refractivity contribution in [3.8, 4) is 0 Å². The summed E-state index contributed by atoms with van der Waals surface area (Å²) < 4.78 is 17.3. The highest BCUT2D eigenvalue weighted by Gasteiger charge is 2.46. The standard InChI is InChI=1S/C14H27NO5Si/c1-7-11(17)15-12-13(20-21(4,5)6)9(2)10(8-16)19-14(12)18-3/h7,9-10,12-14,16H,1,8H2,2-6H3,(H,15,17)/t9-,10+,12+,13-,14+/m0/s1. The van der Waals surface area contributed by atoms with Gasteiger partial charge in [0.2, 0.25) is 5.91 Å². The first-order valence-corrected chi connectivity index (χ1v) is 10.5. The summed E-state index contributed by atoms with van der Waals surface area (Å²) in [5.41, 5.74) is 0. The van der Waals surface area contributed by atoms with Crippen LogP contribution in [0.2, 0.25) is 19.6 Å². The highest BCUT2D eigenvalue weighted by Crippen LogP contribution is 2.30. The van der Waals surface area contributed by atoms with Gasteiger partial charge in [0.1, 0.15) is 6.04 Å². The van der Waals surface area contributed by atoms with Crippen LogP contribution in [0.5, 0.6) is 0 Å². The molecule has 122 valence electrons. The van der Waals surface area contributed by atoms with E-state index in [0.717, 1.165) is 0 Å². The molecule has 6 nitrogen and oxygen atoms in total. The number of nitrogens with one attached hydrogen (secondary N) is 1. The summed E-state index contributed by atoms with van der Waals surface area (Å²) in [4.78, 5) is 11.7. The van der Waals surface area contributed by atoms with Crippen molar-refractivity contribution in [3.05, 3.63) is 12.7 Å². The van der Waals surface area contributed by atoms with Crippen molar-refractivity contribution in [2.75, 3.05) is 13.7 Å². The molecule has 1 saturated heterocycles. The Morgan fingerprint density at radius 2 is 2.10 bits per heavy atom. The Hall–Kier alpha value is -0.733. The lowest BCUT2D eigenvalue weighted by molar-refractivity contribution is -0.242. The molecule has 0 aliphatic carbocycles. The average Bonchev–Trinajstić information content (AvgIpc) is 2.41. The maximum absolute atomic E-state index is 11.7. The van der Waals surface area contributed by atoms with Gasteiger partial charge in [-0.2, -0.15) is 0 Å². The van der Waals surface area contributed by atoms with Gasteiger partial charge < -0.3 is 24.3 Å². The number of carbonyl (C=O) groups is 1. The first kappa shape index (κ1) is 18.3. The summed E-state index contributed by atoms with van der Waals surface area (Å²) in [7, 11) is -0.336. The average molecular weight is 317 g/mol. The number of aliphatic hydroxyl groups is 1. The molecule has 1 heterocycles. The van der Waals surface area contributed by atoms with Gasteiger partial charge in [0.25, 0.3) is 0 Å². The lowest BCUT2D eigenvalue weighted by Crippen LogP contribution is -2.63. The fraction of sp³-hybridized carbons (Fsp3) is 0.786. The summed E-state index contributed by atoms with van der Waals surface area (Å²) in [5, 5.41) is 12.3. The number of amides is 1. The predicted octanol–water partition coefficient (Wildman–Crippen LogP) is 0.877. The second kappa shape index (κ2) is 7.51. The largest absolute Gasteiger partial charge is 0.412 e. The first-order chi connectivity index (χ1) is 9.73. The molecular weight excluding hydrogens is 290 g/mol. The van der Waals surface area contributed by atoms with Crippen LogP contribution in [0.4, 0.5) is 0 Å². The normalized spacial score (nSPS) is 33.5. The number of methoxy groups -OCH3 is 1. The zero-order valence-electron chi connectivity index (χ0n) is 13.5. The fourth-order valence-corrected chi connectivity index (χ4v) is 3.63. The van der Waals surface area contributed by atoms with Crippen LogP contribution < -0.4 is 5.32 Å². The van der Waals surface area contributed by atoms with Gasteiger partial charge in [0.05, 0.1) is 18.8 Å². The van der Waals surface area contributed by atoms with Crippen molar-refractivity contribution < 1.29 is 23.8 Å². The van der Waals surface area contributed by atoms with Crippen LogP contribution >= 0.6 is 0 Å². The molecule has 2 N–H and O–H groups in total. The third-order valence-corrected chi connectivity index (χ3v) is 4.44. The van der Waals surface area contributed by atoms with E-state index in [9.17, 15) is 9.90 Å². The molecule has 7 heteroatoms. The topological polar surface area (TPSA) is 77.0 Å². The molecule has 0 bridgehead atoms. The molecule has 5 atom stereocenters. The number of hydrogen-bond donors (Lipinski definition) is 2. The van der Waals surface area contributed by atoms with Crippen LogP contribution in [0.25, 0.3) is 0 Å². The van der Waals surface area contributed by atoms with E-state index in [4.69, 9.17) is 13.9 Å². The maximum atomic E-state index is 11.7. The summed E-state index contributed by atoms with van der Waals surface area (Å²) >= 11 is 0. The number of aliphatic hydroxyl groups excluding tert-OH is 1. The summed E-state index contributed by atoms with van der Waals surface area (Å²) in [5.74, 6) is -0.368. The van der Waals surface area contributed by atoms with Crippen molar-refractivity contribution >= 4 is 14.2 Å². The van der Waals surface area contributed by atoms with Gasteiger partial charge in [-0.15, -0.1) is 0 Å². The Bertz CT molecular complexity index is 371. The van der Waals surface area contributed by atoms with Gasteiger partial charge in [-0.25, -0.2) is 0 Å². The Labute approximate surface area is 127 Å². The SMILES string of the molecule is C=CC(=O)N[C@H]1[C@H](OC)O[C@H](CO)[C@H](C)[C@@H]1O[Si](C)(C)C. The van der Waals surface area contributed by atoms with E-state index in [2.05, 4.69) is 31.5 Å².